The highest BCUT2D eigenvalue weighted by atomic mass is 15.4. The minimum Gasteiger partial charge on any atom is -0.352 e. The lowest BCUT2D eigenvalue weighted by molar-refractivity contribution is 0.709. The highest BCUT2D eigenvalue weighted by Crippen LogP contribution is 2.24. The maximum absolute atomic E-state index is 4.15. The van der Waals surface area contributed by atoms with Gasteiger partial charge in [0, 0.05) is 19.0 Å². The molecule has 0 bridgehead atoms. The molecule has 72 valence electrons. The maximum atomic E-state index is 4.15. The van der Waals surface area contributed by atoms with E-state index >= 15 is 0 Å². The van der Waals surface area contributed by atoms with Crippen LogP contribution in [0.15, 0.2) is 0 Å². The Morgan fingerprint density at radius 1 is 1.38 bits per heavy atom. The summed E-state index contributed by atoms with van der Waals surface area (Å²) < 4.78 is 2.04. The summed E-state index contributed by atoms with van der Waals surface area (Å²) in [5, 5.41) is 11.6. The third kappa shape index (κ3) is 1.66. The summed E-state index contributed by atoms with van der Waals surface area (Å²) in [6.45, 7) is 4.26. The smallest absolute Gasteiger partial charge is 0.224 e. The van der Waals surface area contributed by atoms with Gasteiger partial charge in [-0.25, -0.2) is 0 Å². The number of hydrogen-bond acceptors (Lipinski definition) is 3. The summed E-state index contributed by atoms with van der Waals surface area (Å²) in [5.74, 6) is 2.39. The summed E-state index contributed by atoms with van der Waals surface area (Å²) in [7, 11) is 2.01. The first kappa shape index (κ1) is 8.53. The fourth-order valence-corrected chi connectivity index (χ4v) is 1.38. The molecule has 1 N–H and O–H groups in total. The van der Waals surface area contributed by atoms with Crippen LogP contribution in [0.1, 0.15) is 38.4 Å². The van der Waals surface area contributed by atoms with Gasteiger partial charge in [-0.15, -0.1) is 10.2 Å². The van der Waals surface area contributed by atoms with Crippen molar-refractivity contribution in [2.24, 2.45) is 7.05 Å². The second kappa shape index (κ2) is 3.01. The molecule has 0 amide bonds. The average Bonchev–Trinajstić information content (AvgIpc) is 2.78. The van der Waals surface area contributed by atoms with E-state index in [4.69, 9.17) is 0 Å². The maximum Gasteiger partial charge on any atom is 0.224 e. The molecule has 0 spiro atoms. The molecular weight excluding hydrogens is 164 g/mol. The van der Waals surface area contributed by atoms with Crippen molar-refractivity contribution in [3.8, 4) is 0 Å². The van der Waals surface area contributed by atoms with Crippen LogP contribution in [0, 0.1) is 0 Å². The third-order valence-electron chi connectivity index (χ3n) is 2.34. The molecule has 1 fully saturated rings. The van der Waals surface area contributed by atoms with E-state index in [-0.39, 0.29) is 0 Å². The Balaban J connectivity index is 2.16. The van der Waals surface area contributed by atoms with Gasteiger partial charge in [-0.1, -0.05) is 13.8 Å². The van der Waals surface area contributed by atoms with Crippen molar-refractivity contribution in [2.75, 3.05) is 5.32 Å². The second-order valence-corrected chi connectivity index (χ2v) is 4.01. The van der Waals surface area contributed by atoms with Crippen LogP contribution in [0.3, 0.4) is 0 Å². The van der Waals surface area contributed by atoms with Gasteiger partial charge in [-0.3, -0.25) is 0 Å². The molecule has 0 aliphatic heterocycles. The molecule has 0 saturated heterocycles. The van der Waals surface area contributed by atoms with Gasteiger partial charge in [0.1, 0.15) is 5.82 Å². The zero-order valence-electron chi connectivity index (χ0n) is 8.41. The van der Waals surface area contributed by atoms with Crippen molar-refractivity contribution in [1.82, 2.24) is 14.8 Å². The van der Waals surface area contributed by atoms with Crippen LogP contribution >= 0.6 is 0 Å². The largest absolute Gasteiger partial charge is 0.352 e. The first-order chi connectivity index (χ1) is 6.18. The predicted octanol–water partition coefficient (Wildman–Crippen LogP) is 1.51. The molecule has 0 unspecified atom stereocenters. The number of rotatable bonds is 3. The molecule has 0 radical (unpaired) electrons. The first-order valence-electron chi connectivity index (χ1n) is 4.84. The number of nitrogens with zero attached hydrogens (tertiary/aromatic N) is 3. The molecule has 2 rings (SSSR count). The van der Waals surface area contributed by atoms with Gasteiger partial charge in [0.15, 0.2) is 0 Å². The summed E-state index contributed by atoms with van der Waals surface area (Å²) in [5.41, 5.74) is 0. The standard InChI is InChI=1S/C9H16N4/c1-6(2)8-11-12-9(13(8)3)10-7-4-5-7/h6-7H,4-5H2,1-3H3,(H,10,12). The Labute approximate surface area is 78.4 Å². The van der Waals surface area contributed by atoms with Crippen LogP contribution in [0.5, 0.6) is 0 Å². The molecule has 4 heteroatoms. The van der Waals surface area contributed by atoms with E-state index in [1.165, 1.54) is 12.8 Å². The van der Waals surface area contributed by atoms with E-state index < -0.39 is 0 Å². The summed E-state index contributed by atoms with van der Waals surface area (Å²) in [6.07, 6.45) is 2.54. The van der Waals surface area contributed by atoms with E-state index in [2.05, 4.69) is 29.4 Å². The summed E-state index contributed by atoms with van der Waals surface area (Å²) in [6, 6.07) is 0.642. The van der Waals surface area contributed by atoms with Crippen LogP contribution < -0.4 is 5.32 Å². The van der Waals surface area contributed by atoms with Gasteiger partial charge in [-0.05, 0) is 12.8 Å². The molecule has 1 heterocycles. The lowest BCUT2D eigenvalue weighted by atomic mass is 10.2. The minimum absolute atomic E-state index is 0.437. The third-order valence-corrected chi connectivity index (χ3v) is 2.34. The SMILES string of the molecule is CC(C)c1nnc(NC2CC2)n1C. The van der Waals surface area contributed by atoms with Crippen molar-refractivity contribution in [3.63, 3.8) is 0 Å². The number of hydrogen-bond donors (Lipinski definition) is 1. The highest BCUT2D eigenvalue weighted by Gasteiger charge is 2.23. The van der Waals surface area contributed by atoms with E-state index in [0.29, 0.717) is 12.0 Å². The van der Waals surface area contributed by atoms with Crippen molar-refractivity contribution in [2.45, 2.75) is 38.6 Å². The van der Waals surface area contributed by atoms with Crippen LogP contribution in [0.25, 0.3) is 0 Å². The summed E-state index contributed by atoms with van der Waals surface area (Å²) in [4.78, 5) is 0. The molecule has 1 aliphatic rings. The Morgan fingerprint density at radius 3 is 2.54 bits per heavy atom. The zero-order valence-corrected chi connectivity index (χ0v) is 8.41. The van der Waals surface area contributed by atoms with E-state index in [1.807, 2.05) is 11.6 Å². The van der Waals surface area contributed by atoms with Crippen LogP contribution in [0.4, 0.5) is 5.95 Å². The Morgan fingerprint density at radius 2 is 2.08 bits per heavy atom. The fraction of sp³-hybridized carbons (Fsp3) is 0.778. The summed E-state index contributed by atoms with van der Waals surface area (Å²) >= 11 is 0. The Hall–Kier alpha value is -1.06. The van der Waals surface area contributed by atoms with Crippen molar-refractivity contribution < 1.29 is 0 Å². The lowest BCUT2D eigenvalue weighted by Crippen LogP contribution is -2.08. The molecule has 0 atom stereocenters. The topological polar surface area (TPSA) is 42.7 Å². The van der Waals surface area contributed by atoms with Gasteiger partial charge >= 0.3 is 0 Å². The Bertz CT molecular complexity index is 299. The van der Waals surface area contributed by atoms with Crippen LogP contribution in [-0.2, 0) is 7.05 Å². The molecule has 4 nitrogen and oxygen atoms in total. The van der Waals surface area contributed by atoms with Crippen LogP contribution in [0.2, 0.25) is 0 Å². The lowest BCUT2D eigenvalue weighted by Gasteiger charge is -2.06. The quantitative estimate of drug-likeness (QED) is 0.766. The molecule has 1 aliphatic carbocycles. The monoisotopic (exact) mass is 180 g/mol. The average molecular weight is 180 g/mol. The minimum atomic E-state index is 0.437. The van der Waals surface area contributed by atoms with Gasteiger partial charge in [0.05, 0.1) is 0 Å². The van der Waals surface area contributed by atoms with Gasteiger partial charge < -0.3 is 9.88 Å². The molecular formula is C9H16N4. The second-order valence-electron chi connectivity index (χ2n) is 4.01. The van der Waals surface area contributed by atoms with Crippen molar-refractivity contribution in [3.05, 3.63) is 5.82 Å². The Kier molecular flexibility index (Phi) is 1.98. The van der Waals surface area contributed by atoms with Gasteiger partial charge in [0.25, 0.3) is 0 Å². The number of anilines is 1. The molecule has 13 heavy (non-hydrogen) atoms. The first-order valence-corrected chi connectivity index (χ1v) is 4.84. The van der Waals surface area contributed by atoms with E-state index in [1.54, 1.807) is 0 Å². The molecule has 1 saturated carbocycles. The van der Waals surface area contributed by atoms with Gasteiger partial charge in [0.2, 0.25) is 5.95 Å². The number of nitrogens with one attached hydrogen (secondary N) is 1. The normalized spacial score (nSPS) is 16.6. The highest BCUT2D eigenvalue weighted by molar-refractivity contribution is 5.29. The van der Waals surface area contributed by atoms with Crippen LogP contribution in [-0.4, -0.2) is 20.8 Å². The zero-order chi connectivity index (χ0) is 9.42. The fourth-order valence-electron chi connectivity index (χ4n) is 1.38. The van der Waals surface area contributed by atoms with E-state index in [0.717, 1.165) is 11.8 Å². The molecule has 1 aromatic heterocycles. The van der Waals surface area contributed by atoms with Gasteiger partial charge in [-0.2, -0.15) is 0 Å². The number of aromatic nitrogens is 3. The predicted molar refractivity (Wildman–Crippen MR) is 51.7 cm³/mol. The van der Waals surface area contributed by atoms with E-state index in [9.17, 15) is 0 Å². The van der Waals surface area contributed by atoms with Crippen molar-refractivity contribution >= 4 is 5.95 Å². The van der Waals surface area contributed by atoms with Crippen molar-refractivity contribution in [1.29, 1.82) is 0 Å². The molecule has 0 aromatic carbocycles. The molecule has 1 aromatic rings.